The number of nitrogens with zero attached hydrogens (tertiary/aromatic N) is 3. The van der Waals surface area contributed by atoms with Crippen LogP contribution >= 0.6 is 24.0 Å². The number of piperazine rings is 1. The van der Waals surface area contributed by atoms with Gasteiger partial charge in [0.15, 0.2) is 5.96 Å². The number of anilines is 1. The van der Waals surface area contributed by atoms with Crippen molar-refractivity contribution in [3.05, 3.63) is 54.2 Å². The zero-order valence-electron chi connectivity index (χ0n) is 13.4. The summed E-state index contributed by atoms with van der Waals surface area (Å²) in [5.41, 5.74) is 7.11. The molecule has 7 heteroatoms. The molecule has 0 unspecified atom stereocenters. The monoisotopic (exact) mass is 444 g/mol. The van der Waals surface area contributed by atoms with E-state index in [2.05, 4.69) is 14.8 Å². The van der Waals surface area contributed by atoms with E-state index < -0.39 is 0 Å². The Morgan fingerprint density at radius 2 is 1.83 bits per heavy atom. The summed E-state index contributed by atoms with van der Waals surface area (Å²) in [6, 6.07) is 10.4. The van der Waals surface area contributed by atoms with Gasteiger partial charge in [-0.15, -0.1) is 24.0 Å². The summed E-state index contributed by atoms with van der Waals surface area (Å²) in [5.74, 6) is 1.29. The lowest BCUT2D eigenvalue weighted by Gasteiger charge is -2.36. The Bertz CT molecular complexity index is 637. The van der Waals surface area contributed by atoms with Crippen molar-refractivity contribution < 1.29 is 8.81 Å². The Hall–Kier alpha value is -1.77. The van der Waals surface area contributed by atoms with Crippen LogP contribution < -0.4 is 10.6 Å². The van der Waals surface area contributed by atoms with Crippen LogP contribution in [-0.4, -0.2) is 43.6 Å². The Kier molecular flexibility index (Phi) is 6.89. The van der Waals surface area contributed by atoms with E-state index in [0.29, 0.717) is 12.5 Å². The molecule has 1 aliphatic heterocycles. The van der Waals surface area contributed by atoms with E-state index in [1.165, 1.54) is 12.1 Å². The van der Waals surface area contributed by atoms with E-state index in [1.807, 2.05) is 24.3 Å². The van der Waals surface area contributed by atoms with E-state index in [4.69, 9.17) is 10.2 Å². The summed E-state index contributed by atoms with van der Waals surface area (Å²) in [7, 11) is 0. The number of nitrogens with two attached hydrogens (primary N) is 1. The van der Waals surface area contributed by atoms with Crippen LogP contribution in [0.1, 0.15) is 5.76 Å². The molecule has 2 aromatic rings. The molecule has 1 fully saturated rings. The molecule has 0 amide bonds. The number of benzene rings is 1. The van der Waals surface area contributed by atoms with Gasteiger partial charge in [-0.2, -0.15) is 0 Å². The lowest BCUT2D eigenvalue weighted by atomic mass is 10.2. The van der Waals surface area contributed by atoms with Crippen molar-refractivity contribution in [3.63, 3.8) is 0 Å². The third kappa shape index (κ3) is 4.86. The third-order valence-electron chi connectivity index (χ3n) is 4.01. The lowest BCUT2D eigenvalue weighted by molar-refractivity contribution is 0.380. The van der Waals surface area contributed by atoms with E-state index in [9.17, 15) is 4.39 Å². The molecule has 24 heavy (non-hydrogen) atoms. The van der Waals surface area contributed by atoms with Crippen LogP contribution in [0.15, 0.2) is 52.1 Å². The maximum atomic E-state index is 13.0. The molecule has 0 saturated carbocycles. The van der Waals surface area contributed by atoms with Crippen molar-refractivity contribution in [1.82, 2.24) is 4.90 Å². The molecule has 130 valence electrons. The van der Waals surface area contributed by atoms with E-state index in [1.54, 1.807) is 6.26 Å². The second-order valence-corrected chi connectivity index (χ2v) is 5.52. The van der Waals surface area contributed by atoms with E-state index in [-0.39, 0.29) is 29.8 Å². The summed E-state index contributed by atoms with van der Waals surface area (Å²) in [6.07, 6.45) is 2.42. The first-order valence-electron chi connectivity index (χ1n) is 7.80. The van der Waals surface area contributed by atoms with Gasteiger partial charge in [0.25, 0.3) is 0 Å². The van der Waals surface area contributed by atoms with Crippen molar-refractivity contribution in [2.24, 2.45) is 10.7 Å². The average Bonchev–Trinajstić information content (AvgIpc) is 3.09. The van der Waals surface area contributed by atoms with Gasteiger partial charge in [-0.05, 0) is 36.4 Å². The Balaban J connectivity index is 0.00000208. The Morgan fingerprint density at radius 3 is 2.46 bits per heavy atom. The zero-order valence-corrected chi connectivity index (χ0v) is 15.7. The number of guanidine groups is 1. The predicted octanol–water partition coefficient (Wildman–Crippen LogP) is 2.72. The van der Waals surface area contributed by atoms with Crippen LogP contribution in [0.4, 0.5) is 10.1 Å². The molecule has 0 atom stereocenters. The summed E-state index contributed by atoms with van der Waals surface area (Å²) < 4.78 is 18.3. The van der Waals surface area contributed by atoms with Crippen LogP contribution in [0.3, 0.4) is 0 Å². The topological polar surface area (TPSA) is 58.0 Å². The highest BCUT2D eigenvalue weighted by Gasteiger charge is 2.18. The number of hydrogen-bond acceptors (Lipinski definition) is 3. The summed E-state index contributed by atoms with van der Waals surface area (Å²) in [5, 5.41) is 0. The van der Waals surface area contributed by atoms with Gasteiger partial charge in [-0.25, -0.2) is 4.39 Å². The van der Waals surface area contributed by atoms with Gasteiger partial charge in [-0.3, -0.25) is 4.99 Å². The number of furan rings is 1. The largest absolute Gasteiger partial charge is 0.469 e. The molecule has 1 aromatic carbocycles. The minimum Gasteiger partial charge on any atom is -0.469 e. The molecule has 1 aliphatic rings. The molecular formula is C17H22FIN4O. The van der Waals surface area contributed by atoms with Crippen LogP contribution in [0.2, 0.25) is 0 Å². The second-order valence-electron chi connectivity index (χ2n) is 5.52. The first kappa shape index (κ1) is 18.6. The first-order chi connectivity index (χ1) is 11.2. The highest BCUT2D eigenvalue weighted by Crippen LogP contribution is 2.16. The van der Waals surface area contributed by atoms with Gasteiger partial charge in [0.1, 0.15) is 11.6 Å². The van der Waals surface area contributed by atoms with Crippen molar-refractivity contribution >= 4 is 35.6 Å². The van der Waals surface area contributed by atoms with E-state index in [0.717, 1.165) is 44.0 Å². The number of aliphatic imine (C=N–C) groups is 1. The molecule has 5 nitrogen and oxygen atoms in total. The van der Waals surface area contributed by atoms with Gasteiger partial charge in [-0.1, -0.05) is 0 Å². The lowest BCUT2D eigenvalue weighted by Crippen LogP contribution is -2.51. The normalized spacial score (nSPS) is 15.3. The molecule has 3 rings (SSSR count). The maximum absolute atomic E-state index is 13.0. The Morgan fingerprint density at radius 1 is 1.12 bits per heavy atom. The summed E-state index contributed by atoms with van der Waals surface area (Å²) in [6.45, 7) is 3.94. The quantitative estimate of drug-likeness (QED) is 0.448. The first-order valence-corrected chi connectivity index (χ1v) is 7.80. The van der Waals surface area contributed by atoms with Crippen molar-refractivity contribution in [2.45, 2.75) is 6.42 Å². The minimum absolute atomic E-state index is 0. The Labute approximate surface area is 158 Å². The highest BCUT2D eigenvalue weighted by atomic mass is 127. The zero-order chi connectivity index (χ0) is 16.1. The third-order valence-corrected chi connectivity index (χ3v) is 4.01. The van der Waals surface area contributed by atoms with Crippen molar-refractivity contribution in [1.29, 1.82) is 0 Å². The fraction of sp³-hybridized carbons (Fsp3) is 0.353. The molecule has 1 saturated heterocycles. The fourth-order valence-electron chi connectivity index (χ4n) is 2.68. The molecule has 0 radical (unpaired) electrons. The molecular weight excluding hydrogens is 422 g/mol. The van der Waals surface area contributed by atoms with Crippen LogP contribution in [0, 0.1) is 5.82 Å². The number of halogens is 2. The van der Waals surface area contributed by atoms with Gasteiger partial charge in [0, 0.05) is 44.8 Å². The van der Waals surface area contributed by atoms with Gasteiger partial charge in [0.2, 0.25) is 0 Å². The molecule has 0 spiro atoms. The van der Waals surface area contributed by atoms with Crippen molar-refractivity contribution in [3.8, 4) is 0 Å². The molecule has 0 aliphatic carbocycles. The highest BCUT2D eigenvalue weighted by molar-refractivity contribution is 14.0. The SMILES string of the molecule is I.NC(=NCCc1ccco1)N1CCN(c2ccc(F)cc2)CC1. The smallest absolute Gasteiger partial charge is 0.191 e. The van der Waals surface area contributed by atoms with E-state index >= 15 is 0 Å². The summed E-state index contributed by atoms with van der Waals surface area (Å²) >= 11 is 0. The molecule has 1 aromatic heterocycles. The van der Waals surface area contributed by atoms with Crippen LogP contribution in [-0.2, 0) is 6.42 Å². The molecule has 2 heterocycles. The summed E-state index contributed by atoms with van der Waals surface area (Å²) in [4.78, 5) is 8.74. The number of rotatable bonds is 4. The molecule has 2 N–H and O–H groups in total. The fourth-order valence-corrected chi connectivity index (χ4v) is 2.68. The van der Waals surface area contributed by atoms with Crippen molar-refractivity contribution in [2.75, 3.05) is 37.6 Å². The van der Waals surface area contributed by atoms with Gasteiger partial charge >= 0.3 is 0 Å². The maximum Gasteiger partial charge on any atom is 0.191 e. The van der Waals surface area contributed by atoms with Crippen LogP contribution in [0.25, 0.3) is 0 Å². The predicted molar refractivity (Wildman–Crippen MR) is 105 cm³/mol. The minimum atomic E-state index is -0.208. The van der Waals surface area contributed by atoms with Gasteiger partial charge < -0.3 is 20.0 Å². The standard InChI is InChI=1S/C17H21FN4O.HI/c18-14-3-5-15(6-4-14)21-9-11-22(12-10-21)17(19)20-8-7-16-2-1-13-23-16;/h1-6,13H,7-12H2,(H2,19,20);1H. The number of hydrogen-bond donors (Lipinski definition) is 1. The second kappa shape index (κ2) is 8.91. The van der Waals surface area contributed by atoms with Gasteiger partial charge in [0.05, 0.1) is 6.26 Å². The average molecular weight is 444 g/mol. The molecule has 0 bridgehead atoms. The van der Waals surface area contributed by atoms with Crippen LogP contribution in [0.5, 0.6) is 0 Å².